The highest BCUT2D eigenvalue weighted by atomic mass is 32.2. The molecule has 8 heteroatoms. The number of rotatable bonds is 8. The Bertz CT molecular complexity index is 934. The van der Waals surface area contributed by atoms with Crippen molar-refractivity contribution >= 4 is 15.9 Å². The number of ether oxygens (including phenoxy) is 1. The lowest BCUT2D eigenvalue weighted by molar-refractivity contribution is -0.125. The smallest absolute Gasteiger partial charge is 0.225 e. The van der Waals surface area contributed by atoms with Crippen molar-refractivity contribution in [2.45, 2.75) is 26.3 Å². The van der Waals surface area contributed by atoms with Crippen LogP contribution in [0.4, 0.5) is 0 Å². The van der Waals surface area contributed by atoms with Gasteiger partial charge in [0.05, 0.1) is 18.3 Å². The van der Waals surface area contributed by atoms with Crippen LogP contribution in [-0.4, -0.2) is 49.1 Å². The molecule has 29 heavy (non-hydrogen) atoms. The fourth-order valence-electron chi connectivity index (χ4n) is 3.62. The summed E-state index contributed by atoms with van der Waals surface area (Å²) in [6, 6.07) is 11.3. The Morgan fingerprint density at radius 3 is 2.66 bits per heavy atom. The molecule has 2 heterocycles. The van der Waals surface area contributed by atoms with Gasteiger partial charge < -0.3 is 10.1 Å². The molecule has 3 rings (SSSR count). The number of carbonyl (C=O) groups excluding carboxylic acids is 1. The second-order valence-electron chi connectivity index (χ2n) is 7.01. The molecule has 0 saturated carbocycles. The first-order valence-electron chi connectivity index (χ1n) is 9.81. The Hall–Kier alpha value is -2.45. The molecule has 2 aromatic rings. The summed E-state index contributed by atoms with van der Waals surface area (Å²) in [5.74, 6) is -0.0189. The van der Waals surface area contributed by atoms with Crippen molar-refractivity contribution < 1.29 is 17.9 Å². The van der Waals surface area contributed by atoms with Gasteiger partial charge in [-0.15, -0.1) is 0 Å². The van der Waals surface area contributed by atoms with E-state index in [0.29, 0.717) is 19.7 Å². The molecule has 1 saturated heterocycles. The van der Waals surface area contributed by atoms with Crippen molar-refractivity contribution in [3.8, 4) is 5.75 Å². The lowest BCUT2D eigenvalue weighted by Gasteiger charge is -2.18. The number of carbonyl (C=O) groups is 1. The van der Waals surface area contributed by atoms with Gasteiger partial charge in [0.25, 0.3) is 0 Å². The third kappa shape index (κ3) is 5.13. The number of nitrogens with zero attached hydrogens (tertiary/aromatic N) is 2. The zero-order valence-corrected chi connectivity index (χ0v) is 17.6. The third-order valence-electron chi connectivity index (χ3n) is 5.19. The van der Waals surface area contributed by atoms with E-state index in [0.717, 1.165) is 16.9 Å². The maximum absolute atomic E-state index is 13.0. The molecule has 156 valence electrons. The number of pyridine rings is 1. The molecule has 1 aromatic heterocycles. The van der Waals surface area contributed by atoms with Crippen molar-refractivity contribution in [3.05, 3.63) is 59.9 Å². The van der Waals surface area contributed by atoms with Crippen LogP contribution in [0.1, 0.15) is 30.9 Å². The summed E-state index contributed by atoms with van der Waals surface area (Å²) in [7, 11) is -3.36. The minimum absolute atomic E-state index is 0.0224. The molecule has 2 atom stereocenters. The predicted octanol–water partition coefficient (Wildman–Crippen LogP) is 2.16. The van der Waals surface area contributed by atoms with E-state index in [9.17, 15) is 13.2 Å². The molecule has 1 aromatic carbocycles. The molecule has 1 N–H and O–H groups in total. The number of sulfonamides is 1. The highest BCUT2D eigenvalue weighted by molar-refractivity contribution is 7.89. The van der Waals surface area contributed by atoms with E-state index in [2.05, 4.69) is 10.3 Å². The first-order valence-corrected chi connectivity index (χ1v) is 11.4. The summed E-state index contributed by atoms with van der Waals surface area (Å²) >= 11 is 0. The molecular weight excluding hydrogens is 390 g/mol. The van der Waals surface area contributed by atoms with E-state index in [1.165, 1.54) is 4.31 Å². The second kappa shape index (κ2) is 9.37. The lowest BCUT2D eigenvalue weighted by Crippen LogP contribution is -2.35. The average molecular weight is 418 g/mol. The monoisotopic (exact) mass is 417 g/mol. The number of amides is 1. The Kier molecular flexibility index (Phi) is 6.87. The molecule has 0 bridgehead atoms. The number of nitrogens with one attached hydrogen (secondary N) is 1. The van der Waals surface area contributed by atoms with Crippen molar-refractivity contribution in [1.29, 1.82) is 0 Å². The highest BCUT2D eigenvalue weighted by Gasteiger charge is 2.42. The lowest BCUT2D eigenvalue weighted by atomic mass is 9.89. The second-order valence-corrected chi connectivity index (χ2v) is 9.27. The molecule has 1 amide bonds. The Morgan fingerprint density at radius 2 is 1.97 bits per heavy atom. The van der Waals surface area contributed by atoms with Crippen LogP contribution in [-0.2, 0) is 21.4 Å². The van der Waals surface area contributed by atoms with Crippen molar-refractivity contribution in [2.24, 2.45) is 5.92 Å². The van der Waals surface area contributed by atoms with Gasteiger partial charge in [0.15, 0.2) is 0 Å². The highest BCUT2D eigenvalue weighted by Crippen LogP contribution is 2.34. The SMILES string of the molecule is CCOc1cccc(CNC(=O)[C@@H]2CN(S(=O)(=O)CC)C[C@H]2c2ccncc2)c1. The molecule has 0 spiro atoms. The maximum atomic E-state index is 13.0. The molecule has 1 aliphatic rings. The van der Waals surface area contributed by atoms with Gasteiger partial charge in [-0.3, -0.25) is 9.78 Å². The molecular formula is C21H27N3O4S. The summed E-state index contributed by atoms with van der Waals surface area (Å²) in [6.45, 7) is 4.97. The number of aromatic nitrogens is 1. The molecule has 1 aliphatic heterocycles. The van der Waals surface area contributed by atoms with Crippen LogP contribution in [0.2, 0.25) is 0 Å². The van der Waals surface area contributed by atoms with Crippen LogP contribution in [0.5, 0.6) is 5.75 Å². The van der Waals surface area contributed by atoms with Crippen LogP contribution >= 0.6 is 0 Å². The van der Waals surface area contributed by atoms with Crippen molar-refractivity contribution in [2.75, 3.05) is 25.4 Å². The topological polar surface area (TPSA) is 88.6 Å². The summed E-state index contributed by atoms with van der Waals surface area (Å²) in [4.78, 5) is 17.0. The van der Waals surface area contributed by atoms with E-state index < -0.39 is 15.9 Å². The van der Waals surface area contributed by atoms with E-state index >= 15 is 0 Å². The first-order chi connectivity index (χ1) is 13.9. The predicted molar refractivity (Wildman–Crippen MR) is 111 cm³/mol. The number of hydrogen-bond acceptors (Lipinski definition) is 5. The van der Waals surface area contributed by atoms with Gasteiger partial charge in [0.2, 0.25) is 15.9 Å². The van der Waals surface area contributed by atoms with Gasteiger partial charge in [0.1, 0.15) is 5.75 Å². The molecule has 0 aliphatic carbocycles. The van der Waals surface area contributed by atoms with Crippen LogP contribution in [0.25, 0.3) is 0 Å². The normalized spacial score (nSPS) is 19.8. The Morgan fingerprint density at radius 1 is 1.21 bits per heavy atom. The minimum atomic E-state index is -3.36. The van der Waals surface area contributed by atoms with Gasteiger partial charge in [-0.2, -0.15) is 0 Å². The van der Waals surface area contributed by atoms with E-state index in [1.54, 1.807) is 19.3 Å². The Balaban J connectivity index is 1.74. The molecule has 0 unspecified atom stereocenters. The summed E-state index contributed by atoms with van der Waals surface area (Å²) < 4.78 is 31.7. The van der Waals surface area contributed by atoms with Gasteiger partial charge in [-0.05, 0) is 49.2 Å². The minimum Gasteiger partial charge on any atom is -0.494 e. The number of hydrogen-bond donors (Lipinski definition) is 1. The van der Waals surface area contributed by atoms with Crippen LogP contribution < -0.4 is 10.1 Å². The largest absolute Gasteiger partial charge is 0.494 e. The Labute approximate surface area is 172 Å². The van der Waals surface area contributed by atoms with E-state index in [-0.39, 0.29) is 24.1 Å². The van der Waals surface area contributed by atoms with Crippen LogP contribution in [0, 0.1) is 5.92 Å². The molecule has 7 nitrogen and oxygen atoms in total. The fourth-order valence-corrected chi connectivity index (χ4v) is 4.76. The first kappa shape index (κ1) is 21.3. The summed E-state index contributed by atoms with van der Waals surface area (Å²) in [5, 5.41) is 2.97. The molecule has 1 fully saturated rings. The average Bonchev–Trinajstić information content (AvgIpc) is 3.20. The zero-order chi connectivity index (χ0) is 20.9. The summed E-state index contributed by atoms with van der Waals surface area (Å²) in [5.41, 5.74) is 1.85. The van der Waals surface area contributed by atoms with Gasteiger partial charge in [-0.25, -0.2) is 12.7 Å². The van der Waals surface area contributed by atoms with E-state index in [1.807, 2.05) is 43.3 Å². The van der Waals surface area contributed by atoms with Crippen LogP contribution in [0.15, 0.2) is 48.8 Å². The maximum Gasteiger partial charge on any atom is 0.225 e. The molecule has 0 radical (unpaired) electrons. The fraction of sp³-hybridized carbons (Fsp3) is 0.429. The number of benzene rings is 1. The van der Waals surface area contributed by atoms with E-state index in [4.69, 9.17) is 4.74 Å². The van der Waals surface area contributed by atoms with Crippen LogP contribution in [0.3, 0.4) is 0 Å². The summed E-state index contributed by atoms with van der Waals surface area (Å²) in [6.07, 6.45) is 3.33. The third-order valence-corrected chi connectivity index (χ3v) is 7.01. The van der Waals surface area contributed by atoms with Crippen molar-refractivity contribution in [3.63, 3.8) is 0 Å². The quantitative estimate of drug-likeness (QED) is 0.711. The van der Waals surface area contributed by atoms with Crippen molar-refractivity contribution in [1.82, 2.24) is 14.6 Å². The standard InChI is InChI=1S/C21H27N3O4S/c1-3-28-18-7-5-6-16(12-18)13-23-21(25)20-15-24(29(26,27)4-2)14-19(20)17-8-10-22-11-9-17/h5-12,19-20H,3-4,13-15H2,1-2H3,(H,23,25)/t19-,20+/m0/s1. The van der Waals surface area contributed by atoms with Gasteiger partial charge >= 0.3 is 0 Å². The van der Waals surface area contributed by atoms with Gasteiger partial charge in [0, 0.05) is 37.9 Å². The van der Waals surface area contributed by atoms with Gasteiger partial charge in [-0.1, -0.05) is 12.1 Å². The zero-order valence-electron chi connectivity index (χ0n) is 16.7.